The molecule has 1 aliphatic rings. The number of anilines is 1. The Morgan fingerprint density at radius 1 is 1.24 bits per heavy atom. The third-order valence-electron chi connectivity index (χ3n) is 4.76. The van der Waals surface area contributed by atoms with Crippen LogP contribution in [0, 0.1) is 5.82 Å². The van der Waals surface area contributed by atoms with E-state index >= 15 is 0 Å². The van der Waals surface area contributed by atoms with Crippen molar-refractivity contribution in [2.45, 2.75) is 36.5 Å². The van der Waals surface area contributed by atoms with Crippen molar-refractivity contribution in [3.63, 3.8) is 0 Å². The highest BCUT2D eigenvalue weighted by molar-refractivity contribution is 7.99. The van der Waals surface area contributed by atoms with Crippen LogP contribution in [0.15, 0.2) is 41.3 Å². The molecule has 0 bridgehead atoms. The number of nitrogens with one attached hydrogen (secondary N) is 1. The molecule has 180 valence electrons. The Balaban J connectivity index is 0.00000385. The van der Waals surface area contributed by atoms with Gasteiger partial charge in [-0.3, -0.25) is 9.59 Å². The number of carbonyl (C=O) groups excluding carboxylic acids is 2. The molecule has 2 aromatic carbocycles. The molecule has 3 N–H and O–H groups in total. The summed E-state index contributed by atoms with van der Waals surface area (Å²) in [6, 6.07) is 8.35. The standard InChI is InChI=1S/C21H20ClF4N3O2S.ClH/c22-13-4-2-12(3-5-13)10-29-17-8-14(19(30)28-7-1-6-21(24,25)26)15(23)9-18(17)32-11-16(27)20(29)31;/h2-5,8-9,16H,1,6-7,10-11,27H2,(H,28,30);1H/t16-;/m0./s1. The maximum atomic E-state index is 14.6. The maximum Gasteiger partial charge on any atom is 0.389 e. The van der Waals surface area contributed by atoms with Crippen LogP contribution >= 0.6 is 35.8 Å². The average molecular weight is 526 g/mol. The Kier molecular flexibility index (Phi) is 9.42. The molecule has 0 spiro atoms. The number of thioether (sulfide) groups is 1. The number of amides is 2. The van der Waals surface area contributed by atoms with Gasteiger partial charge in [0.2, 0.25) is 5.91 Å². The van der Waals surface area contributed by atoms with Crippen molar-refractivity contribution in [3.05, 3.63) is 58.4 Å². The summed E-state index contributed by atoms with van der Waals surface area (Å²) in [5.74, 6) is -1.86. The van der Waals surface area contributed by atoms with Gasteiger partial charge < -0.3 is 16.0 Å². The van der Waals surface area contributed by atoms with Crippen molar-refractivity contribution in [1.82, 2.24) is 5.32 Å². The molecule has 2 aromatic rings. The normalized spacial score (nSPS) is 16.0. The van der Waals surface area contributed by atoms with Gasteiger partial charge in [-0.05, 0) is 36.2 Å². The number of carbonyl (C=O) groups is 2. The highest BCUT2D eigenvalue weighted by Gasteiger charge is 2.31. The third-order valence-corrected chi connectivity index (χ3v) is 6.18. The molecule has 1 heterocycles. The first-order valence-electron chi connectivity index (χ1n) is 9.68. The molecule has 5 nitrogen and oxygen atoms in total. The fraction of sp³-hybridized carbons (Fsp3) is 0.333. The minimum Gasteiger partial charge on any atom is -0.352 e. The van der Waals surface area contributed by atoms with Gasteiger partial charge in [0.15, 0.2) is 0 Å². The molecule has 12 heteroatoms. The molecule has 1 aliphatic heterocycles. The lowest BCUT2D eigenvalue weighted by Crippen LogP contribution is -2.44. The Hall–Kier alpha value is -2.01. The third kappa shape index (κ3) is 7.23. The predicted molar refractivity (Wildman–Crippen MR) is 123 cm³/mol. The number of halogens is 6. The monoisotopic (exact) mass is 525 g/mol. The topological polar surface area (TPSA) is 75.4 Å². The Morgan fingerprint density at radius 2 is 1.91 bits per heavy atom. The minimum absolute atomic E-state index is 0. The van der Waals surface area contributed by atoms with Crippen LogP contribution in [0.1, 0.15) is 28.8 Å². The molecule has 33 heavy (non-hydrogen) atoms. The average Bonchev–Trinajstić information content (AvgIpc) is 2.83. The Bertz CT molecular complexity index is 1010. The van der Waals surface area contributed by atoms with Crippen LogP contribution in [0.25, 0.3) is 0 Å². The van der Waals surface area contributed by atoms with Gasteiger partial charge in [0.1, 0.15) is 5.82 Å². The van der Waals surface area contributed by atoms with Gasteiger partial charge in [0.25, 0.3) is 5.91 Å². The van der Waals surface area contributed by atoms with Crippen molar-refractivity contribution in [2.24, 2.45) is 5.73 Å². The quantitative estimate of drug-likeness (QED) is 0.413. The molecular weight excluding hydrogens is 505 g/mol. The number of benzene rings is 2. The summed E-state index contributed by atoms with van der Waals surface area (Å²) in [5, 5.41) is 2.82. The van der Waals surface area contributed by atoms with Gasteiger partial charge in [0.05, 0.1) is 23.8 Å². The molecule has 0 fully saturated rings. The number of nitrogens with two attached hydrogens (primary N) is 1. The van der Waals surface area contributed by atoms with Crippen LogP contribution in [-0.2, 0) is 11.3 Å². The molecule has 2 amide bonds. The van der Waals surface area contributed by atoms with E-state index in [-0.39, 0.29) is 43.2 Å². The first-order valence-corrected chi connectivity index (χ1v) is 11.0. The summed E-state index contributed by atoms with van der Waals surface area (Å²) in [4.78, 5) is 27.2. The fourth-order valence-corrected chi connectivity index (χ4v) is 4.27. The van der Waals surface area contributed by atoms with Crippen molar-refractivity contribution in [1.29, 1.82) is 0 Å². The summed E-state index contributed by atoms with van der Waals surface area (Å²) in [5.41, 5.74) is 6.67. The van der Waals surface area contributed by atoms with Gasteiger partial charge in [-0.2, -0.15) is 13.2 Å². The summed E-state index contributed by atoms with van der Waals surface area (Å²) >= 11 is 7.10. The van der Waals surface area contributed by atoms with E-state index in [1.54, 1.807) is 24.3 Å². The van der Waals surface area contributed by atoms with Crippen LogP contribution < -0.4 is 16.0 Å². The molecule has 0 unspecified atom stereocenters. The number of nitrogens with zero attached hydrogens (tertiary/aromatic N) is 1. The highest BCUT2D eigenvalue weighted by Crippen LogP contribution is 2.37. The van der Waals surface area contributed by atoms with E-state index in [2.05, 4.69) is 5.32 Å². The van der Waals surface area contributed by atoms with E-state index < -0.39 is 36.3 Å². The van der Waals surface area contributed by atoms with E-state index in [1.165, 1.54) is 22.7 Å². The zero-order valence-corrected chi connectivity index (χ0v) is 19.5. The van der Waals surface area contributed by atoms with Crippen molar-refractivity contribution in [2.75, 3.05) is 17.2 Å². The molecule has 0 saturated heterocycles. The van der Waals surface area contributed by atoms with Gasteiger partial charge >= 0.3 is 6.18 Å². The lowest BCUT2D eigenvalue weighted by atomic mass is 10.1. The minimum atomic E-state index is -4.33. The summed E-state index contributed by atoms with van der Waals surface area (Å²) in [7, 11) is 0. The van der Waals surface area contributed by atoms with Gasteiger partial charge in [0, 0.05) is 28.6 Å². The van der Waals surface area contributed by atoms with E-state index in [4.69, 9.17) is 17.3 Å². The van der Waals surface area contributed by atoms with Crippen LogP contribution in [-0.4, -0.2) is 36.3 Å². The Morgan fingerprint density at radius 3 is 2.55 bits per heavy atom. The molecule has 0 aromatic heterocycles. The highest BCUT2D eigenvalue weighted by atomic mass is 35.5. The number of fused-ring (bicyclic) bond motifs is 1. The van der Waals surface area contributed by atoms with Crippen molar-refractivity contribution in [3.8, 4) is 0 Å². The largest absolute Gasteiger partial charge is 0.389 e. The number of hydrogen-bond acceptors (Lipinski definition) is 4. The van der Waals surface area contributed by atoms with E-state index in [0.29, 0.717) is 15.6 Å². The van der Waals surface area contributed by atoms with E-state index in [1.807, 2.05) is 0 Å². The molecular formula is C21H21Cl2F4N3O2S. The lowest BCUT2D eigenvalue weighted by Gasteiger charge is -2.25. The summed E-state index contributed by atoms with van der Waals surface area (Å²) in [6.45, 7) is -0.141. The zero-order chi connectivity index (χ0) is 23.5. The summed E-state index contributed by atoms with van der Waals surface area (Å²) < 4.78 is 51.5. The molecule has 0 aliphatic carbocycles. The number of rotatable bonds is 6. The molecule has 3 rings (SSSR count). The van der Waals surface area contributed by atoms with E-state index in [0.717, 1.165) is 11.6 Å². The maximum absolute atomic E-state index is 14.6. The molecule has 1 atom stereocenters. The molecule has 0 saturated carbocycles. The second-order valence-electron chi connectivity index (χ2n) is 7.24. The lowest BCUT2D eigenvalue weighted by molar-refractivity contribution is -0.135. The zero-order valence-electron chi connectivity index (χ0n) is 17.1. The summed E-state index contributed by atoms with van der Waals surface area (Å²) in [6.07, 6.45) is -5.72. The SMILES string of the molecule is Cl.N[C@H]1CSc2cc(F)c(C(=O)NCCCC(F)(F)F)cc2N(Cc2ccc(Cl)cc2)C1=O. The van der Waals surface area contributed by atoms with Crippen LogP contribution in [0.5, 0.6) is 0 Å². The first kappa shape index (κ1) is 27.2. The predicted octanol–water partition coefficient (Wildman–Crippen LogP) is 4.94. The number of alkyl halides is 3. The van der Waals surface area contributed by atoms with Gasteiger partial charge in [-0.15, -0.1) is 24.2 Å². The van der Waals surface area contributed by atoms with Crippen molar-refractivity contribution < 1.29 is 27.2 Å². The van der Waals surface area contributed by atoms with Crippen LogP contribution in [0.2, 0.25) is 5.02 Å². The van der Waals surface area contributed by atoms with Gasteiger partial charge in [-0.25, -0.2) is 4.39 Å². The van der Waals surface area contributed by atoms with Gasteiger partial charge in [-0.1, -0.05) is 23.7 Å². The van der Waals surface area contributed by atoms with E-state index in [9.17, 15) is 27.2 Å². The number of hydrogen-bond donors (Lipinski definition) is 2. The fourth-order valence-electron chi connectivity index (χ4n) is 3.14. The van der Waals surface area contributed by atoms with Crippen LogP contribution in [0.3, 0.4) is 0 Å². The first-order chi connectivity index (χ1) is 15.0. The second kappa shape index (κ2) is 11.4. The second-order valence-corrected chi connectivity index (χ2v) is 8.74. The Labute approximate surface area is 203 Å². The molecule has 0 radical (unpaired) electrons. The van der Waals surface area contributed by atoms with Crippen LogP contribution in [0.4, 0.5) is 23.2 Å². The smallest absolute Gasteiger partial charge is 0.352 e. The van der Waals surface area contributed by atoms with Crippen molar-refractivity contribution >= 4 is 53.3 Å².